The molecular weight excluding hydrogens is 490 g/mol. The second kappa shape index (κ2) is 8.88. The number of carbonyl (C=O) groups is 1. The highest BCUT2D eigenvalue weighted by atomic mass is 35.5. The lowest BCUT2D eigenvalue weighted by Gasteiger charge is -2.33. The van der Waals surface area contributed by atoms with Gasteiger partial charge >= 0.3 is 6.09 Å². The van der Waals surface area contributed by atoms with E-state index in [1.807, 2.05) is 40.0 Å². The molecule has 1 amide bonds. The van der Waals surface area contributed by atoms with E-state index in [1.54, 1.807) is 16.8 Å². The Morgan fingerprint density at radius 3 is 2.58 bits per heavy atom. The summed E-state index contributed by atoms with van der Waals surface area (Å²) >= 11 is 6.15. The molecule has 36 heavy (non-hydrogen) atoms. The molecule has 1 aromatic carbocycles. The van der Waals surface area contributed by atoms with Crippen molar-refractivity contribution in [3.05, 3.63) is 53.2 Å². The predicted molar refractivity (Wildman–Crippen MR) is 134 cm³/mol. The maximum absolute atomic E-state index is 14.0. The molecule has 3 aromatic rings. The average molecular weight is 519 g/mol. The Kier molecular flexibility index (Phi) is 6.11. The Labute approximate surface area is 213 Å². The van der Waals surface area contributed by atoms with Gasteiger partial charge in [-0.1, -0.05) is 11.6 Å². The number of halogens is 3. The van der Waals surface area contributed by atoms with Crippen molar-refractivity contribution in [3.63, 3.8) is 0 Å². The number of hydrogen-bond acceptors (Lipinski definition) is 5. The van der Waals surface area contributed by atoms with Crippen molar-refractivity contribution in [2.45, 2.75) is 63.5 Å². The number of anilines is 2. The molecule has 3 atom stereocenters. The molecule has 2 aromatic heterocycles. The third-order valence-corrected chi connectivity index (χ3v) is 7.06. The third-order valence-electron chi connectivity index (χ3n) is 6.74. The number of ether oxygens (including phenoxy) is 2. The highest BCUT2D eigenvalue weighted by molar-refractivity contribution is 6.21. The summed E-state index contributed by atoms with van der Waals surface area (Å²) < 4.78 is 40.7. The second-order valence-corrected chi connectivity index (χ2v) is 10.8. The predicted octanol–water partition coefficient (Wildman–Crippen LogP) is 5.64. The first-order chi connectivity index (χ1) is 16.9. The number of aromatic nitrogens is 2. The van der Waals surface area contributed by atoms with E-state index < -0.39 is 29.0 Å². The molecule has 0 N–H and O–H groups in total. The van der Waals surface area contributed by atoms with E-state index in [1.165, 1.54) is 11.8 Å². The molecule has 1 aliphatic carbocycles. The topological polar surface area (TPSA) is 63.1 Å². The average Bonchev–Trinajstić information content (AvgIpc) is 3.47. The number of rotatable bonds is 4. The molecule has 0 radical (unpaired) electrons. The summed E-state index contributed by atoms with van der Waals surface area (Å²) in [6.45, 7) is 5.57. The maximum Gasteiger partial charge on any atom is 0.410 e. The fraction of sp³-hybridized carbons (Fsp3) is 0.462. The summed E-state index contributed by atoms with van der Waals surface area (Å²) in [7, 11) is 3.75. The minimum atomic E-state index is -0.958. The number of aryl methyl sites for hydroxylation is 1. The van der Waals surface area contributed by atoms with Gasteiger partial charge in [-0.15, -0.1) is 0 Å². The van der Waals surface area contributed by atoms with Crippen LogP contribution >= 0.6 is 11.6 Å². The van der Waals surface area contributed by atoms with Gasteiger partial charge in [0.2, 0.25) is 0 Å². The van der Waals surface area contributed by atoms with Crippen molar-refractivity contribution < 1.29 is 23.0 Å². The van der Waals surface area contributed by atoms with E-state index in [4.69, 9.17) is 26.1 Å². The SMILES string of the molecule is CN(C(=O)OC(C)(C)C)[C@@H]1CCc2c(c3ccc(N(c4ccc(F)c(F)c4)C4OC4Cl)nc3n2C)C1. The van der Waals surface area contributed by atoms with Crippen LogP contribution in [0.2, 0.25) is 0 Å². The number of epoxide rings is 1. The second-order valence-electron chi connectivity index (χ2n) is 10.4. The zero-order valence-electron chi connectivity index (χ0n) is 20.9. The Morgan fingerprint density at radius 2 is 1.94 bits per heavy atom. The molecule has 2 aliphatic rings. The van der Waals surface area contributed by atoms with E-state index in [0.29, 0.717) is 17.9 Å². The summed E-state index contributed by atoms with van der Waals surface area (Å²) in [5.41, 5.74) is 2.33. The molecule has 10 heteroatoms. The lowest BCUT2D eigenvalue weighted by Crippen LogP contribution is -2.43. The van der Waals surface area contributed by atoms with Crippen molar-refractivity contribution >= 4 is 40.2 Å². The van der Waals surface area contributed by atoms with Crippen LogP contribution < -0.4 is 4.90 Å². The number of fused-ring (bicyclic) bond motifs is 3. The van der Waals surface area contributed by atoms with Crippen LogP contribution in [0.1, 0.15) is 38.4 Å². The summed E-state index contributed by atoms with van der Waals surface area (Å²) in [5.74, 6) is -1.37. The van der Waals surface area contributed by atoms with Gasteiger partial charge in [-0.2, -0.15) is 0 Å². The van der Waals surface area contributed by atoms with Gasteiger partial charge in [-0.05, 0) is 69.9 Å². The Morgan fingerprint density at radius 1 is 1.22 bits per heavy atom. The molecule has 7 nitrogen and oxygen atoms in total. The number of benzene rings is 1. The number of amides is 1. The molecular formula is C26H29ClF2N4O3. The smallest absolute Gasteiger partial charge is 0.410 e. The normalized spacial score (nSPS) is 21.3. The number of hydrogen-bond donors (Lipinski definition) is 0. The molecule has 0 spiro atoms. The lowest BCUT2D eigenvalue weighted by atomic mass is 9.91. The van der Waals surface area contributed by atoms with Crippen molar-refractivity contribution in [1.82, 2.24) is 14.5 Å². The van der Waals surface area contributed by atoms with E-state index in [-0.39, 0.29) is 12.1 Å². The first kappa shape index (κ1) is 24.8. The van der Waals surface area contributed by atoms with Gasteiger partial charge in [0, 0.05) is 43.0 Å². The molecule has 192 valence electrons. The van der Waals surface area contributed by atoms with E-state index in [0.717, 1.165) is 41.6 Å². The largest absolute Gasteiger partial charge is 0.444 e. The van der Waals surface area contributed by atoms with E-state index >= 15 is 0 Å². The van der Waals surface area contributed by atoms with Gasteiger partial charge in [0.25, 0.3) is 0 Å². The molecule has 1 fully saturated rings. The van der Waals surface area contributed by atoms with Gasteiger partial charge in [0.1, 0.15) is 17.1 Å². The van der Waals surface area contributed by atoms with Crippen LogP contribution in [0.3, 0.4) is 0 Å². The van der Waals surface area contributed by atoms with Gasteiger partial charge in [-0.3, -0.25) is 4.90 Å². The van der Waals surface area contributed by atoms with E-state index in [2.05, 4.69) is 4.57 Å². The highest BCUT2D eigenvalue weighted by Crippen LogP contribution is 2.40. The number of alkyl halides is 1. The monoisotopic (exact) mass is 518 g/mol. The van der Waals surface area contributed by atoms with Crippen LogP contribution in [-0.4, -0.2) is 51.0 Å². The zero-order chi connectivity index (χ0) is 25.9. The molecule has 0 bridgehead atoms. The fourth-order valence-electron chi connectivity index (χ4n) is 4.86. The molecule has 5 rings (SSSR count). The van der Waals surface area contributed by atoms with Crippen molar-refractivity contribution in [1.29, 1.82) is 0 Å². The van der Waals surface area contributed by atoms with Crippen LogP contribution in [-0.2, 0) is 29.4 Å². The minimum Gasteiger partial charge on any atom is -0.444 e. The fourth-order valence-corrected chi connectivity index (χ4v) is 5.08. The number of pyridine rings is 1. The quantitative estimate of drug-likeness (QED) is 0.330. The third kappa shape index (κ3) is 4.50. The van der Waals surface area contributed by atoms with Crippen molar-refractivity contribution in [3.8, 4) is 0 Å². The Balaban J connectivity index is 1.48. The van der Waals surface area contributed by atoms with Gasteiger partial charge in [0.15, 0.2) is 23.4 Å². The highest BCUT2D eigenvalue weighted by Gasteiger charge is 2.44. The van der Waals surface area contributed by atoms with Crippen LogP contribution in [0.15, 0.2) is 30.3 Å². The summed E-state index contributed by atoms with van der Waals surface area (Å²) in [5, 5.41) is 0.989. The van der Waals surface area contributed by atoms with Crippen molar-refractivity contribution in [2.75, 3.05) is 11.9 Å². The van der Waals surface area contributed by atoms with Crippen molar-refractivity contribution in [2.24, 2.45) is 7.05 Å². The minimum absolute atomic E-state index is 0.00758. The number of carbonyl (C=O) groups excluding carboxylic acids is 1. The first-order valence-corrected chi connectivity index (χ1v) is 12.3. The number of likely N-dealkylation sites (N-methyl/N-ethyl adjacent to an activating group) is 1. The Hall–Kier alpha value is -2.91. The maximum atomic E-state index is 14.0. The molecule has 1 aliphatic heterocycles. The van der Waals surface area contributed by atoms with Crippen LogP contribution in [0.5, 0.6) is 0 Å². The molecule has 1 saturated heterocycles. The zero-order valence-corrected chi connectivity index (χ0v) is 21.6. The Bertz CT molecular complexity index is 1340. The first-order valence-electron chi connectivity index (χ1n) is 11.9. The molecule has 0 saturated carbocycles. The summed E-state index contributed by atoms with van der Waals surface area (Å²) in [4.78, 5) is 20.9. The van der Waals surface area contributed by atoms with Crippen LogP contribution in [0.25, 0.3) is 11.0 Å². The van der Waals surface area contributed by atoms with Gasteiger partial charge < -0.3 is 18.9 Å². The summed E-state index contributed by atoms with van der Waals surface area (Å²) in [6, 6.07) is 7.47. The van der Waals surface area contributed by atoms with Crippen LogP contribution in [0, 0.1) is 11.6 Å². The van der Waals surface area contributed by atoms with Gasteiger partial charge in [-0.25, -0.2) is 18.6 Å². The standard InChI is InChI=1S/C26H29ClF2N4O3/c1-26(2,3)36-25(34)31(4)14-7-10-20-17(12-14)16-8-11-21(30-23(16)32(20)5)33(24-22(27)35-24)15-6-9-18(28)19(29)13-15/h6,8-9,11,13-14,22,24H,7,10,12H2,1-5H3/t14-,22?,24?/m1/s1. The number of nitrogens with zero attached hydrogens (tertiary/aromatic N) is 4. The van der Waals surface area contributed by atoms with E-state index in [9.17, 15) is 13.6 Å². The summed E-state index contributed by atoms with van der Waals surface area (Å²) in [6.07, 6.45) is 1.41. The van der Waals surface area contributed by atoms with Crippen LogP contribution in [0.4, 0.5) is 25.1 Å². The molecule has 2 unspecified atom stereocenters. The molecule has 3 heterocycles. The lowest BCUT2D eigenvalue weighted by molar-refractivity contribution is 0.0210. The van der Waals surface area contributed by atoms with Gasteiger partial charge in [0.05, 0.1) is 0 Å².